The molecule has 7 heteroatoms. The number of halogens is 1. The van der Waals surface area contributed by atoms with Gasteiger partial charge in [0.25, 0.3) is 5.91 Å². The highest BCUT2D eigenvalue weighted by atomic mass is 35.5. The number of phenolic OH excluding ortho intramolecular Hbond substituents is 1. The highest BCUT2D eigenvalue weighted by molar-refractivity contribution is 6.31. The van der Waals surface area contributed by atoms with Gasteiger partial charge >= 0.3 is 6.03 Å². The van der Waals surface area contributed by atoms with Crippen molar-refractivity contribution >= 4 is 29.6 Å². The van der Waals surface area contributed by atoms with Gasteiger partial charge < -0.3 is 15.2 Å². The quantitative estimate of drug-likeness (QED) is 0.637. The van der Waals surface area contributed by atoms with Crippen LogP contribution in [0.4, 0.5) is 4.79 Å². The molecule has 0 unspecified atom stereocenters. The first kappa shape index (κ1) is 13.2. The molecule has 19 heavy (non-hydrogen) atoms. The summed E-state index contributed by atoms with van der Waals surface area (Å²) in [6.07, 6.45) is 1.34. The molecule has 1 fully saturated rings. The Hall–Kier alpha value is -2.21. The summed E-state index contributed by atoms with van der Waals surface area (Å²) in [4.78, 5) is 23.9. The summed E-state index contributed by atoms with van der Waals surface area (Å²) in [6.45, 7) is 0. The van der Waals surface area contributed by atoms with Gasteiger partial charge in [-0.1, -0.05) is 11.6 Å². The second-order valence-electron chi connectivity index (χ2n) is 3.90. The van der Waals surface area contributed by atoms with Gasteiger partial charge in [-0.3, -0.25) is 9.69 Å². The Labute approximate surface area is 114 Å². The third kappa shape index (κ3) is 2.34. The Balaban J connectivity index is 2.47. The Kier molecular flexibility index (Phi) is 3.35. The molecule has 1 saturated heterocycles. The van der Waals surface area contributed by atoms with E-state index < -0.39 is 11.9 Å². The van der Waals surface area contributed by atoms with E-state index >= 15 is 0 Å². The van der Waals surface area contributed by atoms with Crippen LogP contribution in [0.1, 0.15) is 5.56 Å². The van der Waals surface area contributed by atoms with Gasteiger partial charge in [-0.05, 0) is 12.1 Å². The van der Waals surface area contributed by atoms with Crippen molar-refractivity contribution in [2.75, 3.05) is 14.2 Å². The van der Waals surface area contributed by atoms with Gasteiger partial charge in [0.05, 0.1) is 7.11 Å². The van der Waals surface area contributed by atoms with E-state index in [1.54, 1.807) is 0 Å². The number of hydrogen-bond acceptors (Lipinski definition) is 4. The number of nitrogens with zero attached hydrogens (tertiary/aromatic N) is 1. The molecule has 1 aromatic carbocycles. The maximum Gasteiger partial charge on any atom is 0.328 e. The Morgan fingerprint density at radius 1 is 1.42 bits per heavy atom. The van der Waals surface area contributed by atoms with E-state index in [1.165, 1.54) is 32.4 Å². The minimum Gasteiger partial charge on any atom is -0.504 e. The standard InChI is InChI=1S/C12H11ClN2O4/c1-15-11(17)8(14-12(15)18)4-6-3-7(13)5-9(19-2)10(6)16/h3-5,16H,1-2H3,(H,14,18)/b8-4+. The van der Waals surface area contributed by atoms with Crippen molar-refractivity contribution in [3.8, 4) is 11.5 Å². The molecule has 6 nitrogen and oxygen atoms in total. The van der Waals surface area contributed by atoms with Crippen LogP contribution in [0.5, 0.6) is 11.5 Å². The second kappa shape index (κ2) is 4.81. The lowest BCUT2D eigenvalue weighted by Gasteiger charge is -2.07. The second-order valence-corrected chi connectivity index (χ2v) is 4.33. The Morgan fingerprint density at radius 2 is 2.11 bits per heavy atom. The molecular formula is C12H11ClN2O4. The maximum absolute atomic E-state index is 11.7. The zero-order valence-electron chi connectivity index (χ0n) is 10.2. The van der Waals surface area contributed by atoms with Crippen molar-refractivity contribution in [1.82, 2.24) is 10.2 Å². The predicted molar refractivity (Wildman–Crippen MR) is 68.9 cm³/mol. The molecule has 0 bridgehead atoms. The fraction of sp³-hybridized carbons (Fsp3) is 0.167. The summed E-state index contributed by atoms with van der Waals surface area (Å²) in [6, 6.07) is 2.38. The highest BCUT2D eigenvalue weighted by Gasteiger charge is 2.30. The average Bonchev–Trinajstić information content (AvgIpc) is 2.61. The van der Waals surface area contributed by atoms with Gasteiger partial charge in [0.2, 0.25) is 0 Å². The number of aromatic hydroxyl groups is 1. The first-order valence-corrected chi connectivity index (χ1v) is 5.69. The number of phenols is 1. The van der Waals surface area contributed by atoms with E-state index in [4.69, 9.17) is 16.3 Å². The van der Waals surface area contributed by atoms with Crippen LogP contribution in [0.2, 0.25) is 5.02 Å². The summed E-state index contributed by atoms with van der Waals surface area (Å²) < 4.78 is 4.95. The van der Waals surface area contributed by atoms with Crippen LogP contribution in [0, 0.1) is 0 Å². The number of likely N-dealkylation sites (N-methyl/N-ethyl adjacent to an activating group) is 1. The molecule has 0 spiro atoms. The van der Waals surface area contributed by atoms with Crippen LogP contribution in [-0.4, -0.2) is 36.1 Å². The molecule has 0 saturated carbocycles. The number of carbonyl (C=O) groups is 2. The monoisotopic (exact) mass is 282 g/mol. The van der Waals surface area contributed by atoms with Crippen molar-refractivity contribution < 1.29 is 19.4 Å². The lowest BCUT2D eigenvalue weighted by atomic mass is 10.1. The number of ether oxygens (including phenoxy) is 1. The molecule has 0 atom stereocenters. The lowest BCUT2D eigenvalue weighted by Crippen LogP contribution is -2.25. The molecule has 3 amide bonds. The normalized spacial score (nSPS) is 17.0. The van der Waals surface area contributed by atoms with Gasteiger partial charge in [0, 0.05) is 23.7 Å². The molecule has 2 N–H and O–H groups in total. The summed E-state index contributed by atoms with van der Waals surface area (Å²) in [5.41, 5.74) is 0.343. The van der Waals surface area contributed by atoms with E-state index in [0.29, 0.717) is 5.02 Å². The van der Waals surface area contributed by atoms with Gasteiger partial charge in [-0.2, -0.15) is 0 Å². The van der Waals surface area contributed by atoms with Crippen molar-refractivity contribution in [2.24, 2.45) is 0 Å². The molecule has 100 valence electrons. The highest BCUT2D eigenvalue weighted by Crippen LogP contribution is 2.34. The number of nitrogens with one attached hydrogen (secondary N) is 1. The number of urea groups is 1. The van der Waals surface area contributed by atoms with Crippen LogP contribution >= 0.6 is 11.6 Å². The SMILES string of the molecule is COc1cc(Cl)cc(/C=C2/NC(=O)N(C)C2=O)c1O. The minimum atomic E-state index is -0.523. The van der Waals surface area contributed by atoms with Crippen LogP contribution in [0.3, 0.4) is 0 Å². The van der Waals surface area contributed by atoms with Crippen LogP contribution in [0.15, 0.2) is 17.8 Å². The zero-order valence-corrected chi connectivity index (χ0v) is 11.0. The van der Waals surface area contributed by atoms with E-state index in [1.807, 2.05) is 0 Å². The van der Waals surface area contributed by atoms with Crippen molar-refractivity contribution in [3.63, 3.8) is 0 Å². The van der Waals surface area contributed by atoms with E-state index in [9.17, 15) is 14.7 Å². The smallest absolute Gasteiger partial charge is 0.328 e. The number of hydrogen-bond donors (Lipinski definition) is 2. The number of benzene rings is 1. The number of imide groups is 1. The molecule has 1 heterocycles. The number of rotatable bonds is 2. The van der Waals surface area contributed by atoms with Gasteiger partial charge in [-0.25, -0.2) is 4.79 Å². The summed E-state index contributed by atoms with van der Waals surface area (Å²) in [5, 5.41) is 12.7. The predicted octanol–water partition coefficient (Wildman–Crippen LogP) is 1.58. The molecule has 1 aromatic rings. The first-order valence-electron chi connectivity index (χ1n) is 5.31. The first-order chi connectivity index (χ1) is 8.93. The molecule has 0 aromatic heterocycles. The summed E-state index contributed by atoms with van der Waals surface area (Å²) in [7, 11) is 2.75. The molecule has 2 rings (SSSR count). The largest absolute Gasteiger partial charge is 0.504 e. The third-order valence-electron chi connectivity index (χ3n) is 2.67. The number of amides is 3. The average molecular weight is 283 g/mol. The fourth-order valence-corrected chi connectivity index (χ4v) is 1.86. The van der Waals surface area contributed by atoms with Crippen LogP contribution < -0.4 is 10.1 Å². The summed E-state index contributed by atoms with van der Waals surface area (Å²) >= 11 is 5.88. The van der Waals surface area contributed by atoms with Gasteiger partial charge in [0.1, 0.15) is 5.70 Å². The van der Waals surface area contributed by atoms with Gasteiger partial charge in [-0.15, -0.1) is 0 Å². The minimum absolute atomic E-state index is 0.0621. The van der Waals surface area contributed by atoms with E-state index in [0.717, 1.165) is 4.90 Å². The fourth-order valence-electron chi connectivity index (χ4n) is 1.64. The molecule has 1 aliphatic rings. The lowest BCUT2D eigenvalue weighted by molar-refractivity contribution is -0.121. The van der Waals surface area contributed by atoms with Crippen molar-refractivity contribution in [2.45, 2.75) is 0 Å². The van der Waals surface area contributed by atoms with Crippen LogP contribution in [-0.2, 0) is 4.79 Å². The third-order valence-corrected chi connectivity index (χ3v) is 2.89. The topological polar surface area (TPSA) is 78.9 Å². The van der Waals surface area contributed by atoms with E-state index in [-0.39, 0.29) is 22.8 Å². The summed E-state index contributed by atoms with van der Waals surface area (Å²) in [5.74, 6) is -0.455. The Morgan fingerprint density at radius 3 is 2.63 bits per heavy atom. The van der Waals surface area contributed by atoms with Crippen molar-refractivity contribution in [1.29, 1.82) is 0 Å². The molecular weight excluding hydrogens is 272 g/mol. The Bertz CT molecular complexity index is 598. The zero-order chi connectivity index (χ0) is 14.2. The molecule has 1 aliphatic heterocycles. The van der Waals surface area contributed by atoms with Gasteiger partial charge in [0.15, 0.2) is 11.5 Å². The van der Waals surface area contributed by atoms with Crippen LogP contribution in [0.25, 0.3) is 6.08 Å². The number of methoxy groups -OCH3 is 1. The van der Waals surface area contributed by atoms with E-state index in [2.05, 4.69) is 5.32 Å². The molecule has 0 aliphatic carbocycles. The molecule has 0 radical (unpaired) electrons. The van der Waals surface area contributed by atoms with Crippen molar-refractivity contribution in [3.05, 3.63) is 28.4 Å². The maximum atomic E-state index is 11.7. The number of carbonyl (C=O) groups excluding carboxylic acids is 2.